The van der Waals surface area contributed by atoms with Gasteiger partial charge in [0.2, 0.25) is 0 Å². The number of carbonyl (C=O) groups excluding carboxylic acids is 2. The number of nitrogens with zero attached hydrogens (tertiary/aromatic N) is 1. The Hall–Kier alpha value is -3.56. The van der Waals surface area contributed by atoms with Gasteiger partial charge < -0.3 is 19.2 Å². The first-order chi connectivity index (χ1) is 16.1. The number of ether oxygens (including phenoxy) is 2. The van der Waals surface area contributed by atoms with Crippen LogP contribution in [0.5, 0.6) is 11.5 Å². The summed E-state index contributed by atoms with van der Waals surface area (Å²) in [7, 11) is 0. The van der Waals surface area contributed by atoms with Gasteiger partial charge in [0.05, 0.1) is 6.54 Å². The van der Waals surface area contributed by atoms with Gasteiger partial charge in [-0.1, -0.05) is 0 Å². The van der Waals surface area contributed by atoms with Crippen molar-refractivity contribution in [2.24, 2.45) is 0 Å². The lowest BCUT2D eigenvalue weighted by Crippen LogP contribution is -2.27. The molecule has 2 aromatic carbocycles. The number of hydrogen-bond acceptors (Lipinski definition) is 7. The largest absolute Gasteiger partial charge is 0.492 e. The van der Waals surface area contributed by atoms with E-state index in [1.165, 1.54) is 25.0 Å². The van der Waals surface area contributed by atoms with E-state index in [0.717, 1.165) is 30.8 Å². The zero-order chi connectivity index (χ0) is 23.0. The van der Waals surface area contributed by atoms with E-state index in [1.807, 2.05) is 12.1 Å². The molecule has 2 heterocycles. The van der Waals surface area contributed by atoms with Gasteiger partial charge in [0.1, 0.15) is 30.3 Å². The van der Waals surface area contributed by atoms with Crippen molar-refractivity contribution in [1.82, 2.24) is 15.7 Å². The van der Waals surface area contributed by atoms with E-state index in [9.17, 15) is 9.59 Å². The molecular weight excluding hydrogens is 426 g/mol. The number of rotatable bonds is 10. The van der Waals surface area contributed by atoms with Gasteiger partial charge in [0, 0.05) is 17.5 Å². The van der Waals surface area contributed by atoms with Crippen molar-refractivity contribution in [2.45, 2.75) is 12.8 Å². The molecule has 4 rings (SSSR count). The molecule has 0 radical (unpaired) electrons. The highest BCUT2D eigenvalue weighted by Crippen LogP contribution is 2.24. The molecule has 0 aliphatic carbocycles. The molecule has 9 heteroatoms. The first kappa shape index (κ1) is 22.6. The molecule has 1 aliphatic heterocycles. The smallest absolute Gasteiger partial charge is 0.287 e. The number of fused-ring (bicyclic) bond motifs is 1. The summed E-state index contributed by atoms with van der Waals surface area (Å²) in [6.07, 6.45) is 2.52. The van der Waals surface area contributed by atoms with Gasteiger partial charge in [-0.3, -0.25) is 19.7 Å². The average Bonchev–Trinajstić information content (AvgIpc) is 3.51. The second kappa shape index (κ2) is 10.8. The Morgan fingerprint density at radius 1 is 0.939 bits per heavy atom. The maximum Gasteiger partial charge on any atom is 0.287 e. The number of carbonyl (C=O) groups is 2. The van der Waals surface area contributed by atoms with Crippen LogP contribution in [0.2, 0.25) is 0 Å². The van der Waals surface area contributed by atoms with Crippen LogP contribution in [0.4, 0.5) is 0 Å². The highest BCUT2D eigenvalue weighted by molar-refractivity contribution is 5.96. The van der Waals surface area contributed by atoms with E-state index in [4.69, 9.17) is 19.1 Å². The van der Waals surface area contributed by atoms with E-state index in [2.05, 4.69) is 10.2 Å². The normalized spacial score (nSPS) is 13.7. The molecule has 1 aliphatic rings. The molecule has 2 amide bonds. The van der Waals surface area contributed by atoms with Gasteiger partial charge in [-0.05, 0) is 74.5 Å². The van der Waals surface area contributed by atoms with Crippen LogP contribution >= 0.6 is 0 Å². The Balaban J connectivity index is 1.23. The second-order valence-corrected chi connectivity index (χ2v) is 7.78. The molecule has 1 aromatic heterocycles. The Morgan fingerprint density at radius 3 is 2.42 bits per heavy atom. The maximum absolute atomic E-state index is 12.4. The van der Waals surface area contributed by atoms with Crippen molar-refractivity contribution in [1.29, 1.82) is 0 Å². The molecule has 0 saturated carbocycles. The molecular formula is C24H27N3O6. The van der Waals surface area contributed by atoms with Crippen molar-refractivity contribution in [3.05, 3.63) is 59.9 Å². The van der Waals surface area contributed by atoms with E-state index in [0.29, 0.717) is 23.5 Å². The Bertz CT molecular complexity index is 1090. The Kier molecular flexibility index (Phi) is 7.43. The molecule has 174 valence electrons. The Labute approximate surface area is 191 Å². The van der Waals surface area contributed by atoms with Crippen LogP contribution in [0, 0.1) is 0 Å². The minimum atomic E-state index is -0.597. The van der Waals surface area contributed by atoms with Crippen LogP contribution < -0.4 is 20.3 Å². The molecule has 0 atom stereocenters. The van der Waals surface area contributed by atoms with Crippen molar-refractivity contribution < 1.29 is 28.7 Å². The first-order valence-electron chi connectivity index (χ1n) is 11.0. The number of hydroxylamine groups is 1. The van der Waals surface area contributed by atoms with Gasteiger partial charge in [-0.25, -0.2) is 5.48 Å². The third kappa shape index (κ3) is 6.03. The number of nitrogens with one attached hydrogen (secondary N) is 2. The third-order valence-corrected chi connectivity index (χ3v) is 5.46. The fraction of sp³-hybridized carbons (Fsp3) is 0.333. The number of amides is 2. The third-order valence-electron chi connectivity index (χ3n) is 5.46. The zero-order valence-corrected chi connectivity index (χ0v) is 18.2. The van der Waals surface area contributed by atoms with Crippen LogP contribution in [-0.2, 0) is 0 Å². The lowest BCUT2D eigenvalue weighted by atomic mass is 10.2. The molecule has 0 spiro atoms. The summed E-state index contributed by atoms with van der Waals surface area (Å²) in [6.45, 7) is 4.36. The Morgan fingerprint density at radius 2 is 1.67 bits per heavy atom. The average molecular weight is 453 g/mol. The molecule has 1 saturated heterocycles. The van der Waals surface area contributed by atoms with E-state index < -0.39 is 5.91 Å². The minimum Gasteiger partial charge on any atom is -0.492 e. The summed E-state index contributed by atoms with van der Waals surface area (Å²) >= 11 is 0. The molecule has 9 nitrogen and oxygen atoms in total. The summed E-state index contributed by atoms with van der Waals surface area (Å²) in [6, 6.07) is 13.5. The first-order valence-corrected chi connectivity index (χ1v) is 11.0. The standard InChI is InChI=1S/C24H27N3O6/c28-23(26-30)17-3-5-19(6-4-17)31-13-9-25-24(29)22-16-18-15-20(7-8-21(18)33-22)32-14-12-27-10-1-2-11-27/h3-8,15-16,30H,1-2,9-14H2,(H,25,29)(H,26,28). The van der Waals surface area contributed by atoms with Crippen LogP contribution in [0.25, 0.3) is 11.0 Å². The van der Waals surface area contributed by atoms with E-state index in [1.54, 1.807) is 29.7 Å². The fourth-order valence-corrected chi connectivity index (χ4v) is 3.71. The van der Waals surface area contributed by atoms with Crippen molar-refractivity contribution in [3.63, 3.8) is 0 Å². The van der Waals surface area contributed by atoms with Crippen LogP contribution in [0.3, 0.4) is 0 Å². The van der Waals surface area contributed by atoms with Gasteiger partial charge in [0.25, 0.3) is 11.8 Å². The monoisotopic (exact) mass is 453 g/mol. The number of furan rings is 1. The highest BCUT2D eigenvalue weighted by atomic mass is 16.5. The maximum atomic E-state index is 12.4. The van der Waals surface area contributed by atoms with Gasteiger partial charge >= 0.3 is 0 Å². The molecule has 0 bridgehead atoms. The number of likely N-dealkylation sites (tertiary alicyclic amines) is 1. The number of hydrogen-bond donors (Lipinski definition) is 3. The minimum absolute atomic E-state index is 0.221. The summed E-state index contributed by atoms with van der Waals surface area (Å²) < 4.78 is 17.1. The van der Waals surface area contributed by atoms with Crippen LogP contribution in [0.15, 0.2) is 52.9 Å². The number of benzene rings is 2. The van der Waals surface area contributed by atoms with Gasteiger partial charge in [-0.2, -0.15) is 0 Å². The quantitative estimate of drug-likeness (QED) is 0.246. The lowest BCUT2D eigenvalue weighted by Gasteiger charge is -2.14. The van der Waals surface area contributed by atoms with Crippen LogP contribution in [0.1, 0.15) is 33.8 Å². The SMILES string of the molecule is O=C(NO)c1ccc(OCCNC(=O)c2cc3cc(OCCN4CCCC4)ccc3o2)cc1. The summed E-state index contributed by atoms with van der Waals surface area (Å²) in [5.74, 6) is 0.588. The lowest BCUT2D eigenvalue weighted by molar-refractivity contribution is 0.0706. The van der Waals surface area contributed by atoms with Crippen molar-refractivity contribution in [3.8, 4) is 11.5 Å². The van der Waals surface area contributed by atoms with Gasteiger partial charge in [-0.15, -0.1) is 0 Å². The van der Waals surface area contributed by atoms with Crippen molar-refractivity contribution >= 4 is 22.8 Å². The molecule has 0 unspecified atom stereocenters. The molecule has 1 fully saturated rings. The second-order valence-electron chi connectivity index (χ2n) is 7.78. The zero-order valence-electron chi connectivity index (χ0n) is 18.2. The predicted octanol–water partition coefficient (Wildman–Crippen LogP) is 2.84. The fourth-order valence-electron chi connectivity index (χ4n) is 3.71. The predicted molar refractivity (Wildman–Crippen MR) is 121 cm³/mol. The topological polar surface area (TPSA) is 113 Å². The summed E-state index contributed by atoms with van der Waals surface area (Å²) in [5.41, 5.74) is 2.50. The van der Waals surface area contributed by atoms with E-state index >= 15 is 0 Å². The molecule has 3 aromatic rings. The summed E-state index contributed by atoms with van der Waals surface area (Å²) in [4.78, 5) is 26.1. The van der Waals surface area contributed by atoms with E-state index in [-0.39, 0.29) is 24.8 Å². The van der Waals surface area contributed by atoms with Crippen molar-refractivity contribution in [2.75, 3.05) is 39.4 Å². The molecule has 33 heavy (non-hydrogen) atoms. The highest BCUT2D eigenvalue weighted by Gasteiger charge is 2.14. The van der Waals surface area contributed by atoms with Crippen LogP contribution in [-0.4, -0.2) is 61.3 Å². The summed E-state index contributed by atoms with van der Waals surface area (Å²) in [5, 5.41) is 12.2. The van der Waals surface area contributed by atoms with Gasteiger partial charge in [0.15, 0.2) is 5.76 Å². The molecule has 3 N–H and O–H groups in total.